The number of H-pyrrole nitrogens is 1. The zero-order valence-corrected chi connectivity index (χ0v) is 17.0. The lowest BCUT2D eigenvalue weighted by Crippen LogP contribution is -2.36. The number of aromatic amines is 1. The zero-order valence-electron chi connectivity index (χ0n) is 17.0. The summed E-state index contributed by atoms with van der Waals surface area (Å²) in [6, 6.07) is 5.49. The van der Waals surface area contributed by atoms with Crippen molar-refractivity contribution in [3.8, 4) is 11.5 Å². The second-order valence-electron chi connectivity index (χ2n) is 8.21. The van der Waals surface area contributed by atoms with Gasteiger partial charge in [0.05, 0.1) is 0 Å². The van der Waals surface area contributed by atoms with Crippen LogP contribution >= 0.6 is 0 Å². The van der Waals surface area contributed by atoms with Gasteiger partial charge in [-0.25, -0.2) is 14.6 Å². The molecular weight excluding hydrogens is 388 g/mol. The number of likely N-dealkylation sites (tertiary alicyclic amines) is 1. The van der Waals surface area contributed by atoms with Gasteiger partial charge in [-0.2, -0.15) is 0 Å². The van der Waals surface area contributed by atoms with E-state index in [-0.39, 0.29) is 18.0 Å². The van der Waals surface area contributed by atoms with Crippen molar-refractivity contribution in [1.29, 1.82) is 0 Å². The van der Waals surface area contributed by atoms with E-state index in [4.69, 9.17) is 10.6 Å². The van der Waals surface area contributed by atoms with E-state index in [1.54, 1.807) is 17.2 Å². The topological polar surface area (TPSA) is 144 Å². The molecule has 0 saturated carbocycles. The van der Waals surface area contributed by atoms with E-state index in [0.29, 0.717) is 30.1 Å². The Hall–Kier alpha value is -3.63. The molecular formula is C19H24N8O3. The number of carbonyl (C=O) groups excluding carboxylic acids is 1. The predicted molar refractivity (Wildman–Crippen MR) is 111 cm³/mol. The van der Waals surface area contributed by atoms with Crippen LogP contribution in [0.2, 0.25) is 0 Å². The molecule has 0 aromatic carbocycles. The summed E-state index contributed by atoms with van der Waals surface area (Å²) < 4.78 is 5.46. The number of carbonyl (C=O) groups is 1. The molecule has 3 aromatic heterocycles. The molecule has 1 saturated heterocycles. The largest absolute Gasteiger partial charge is 0.444 e. The van der Waals surface area contributed by atoms with Crippen molar-refractivity contribution in [2.75, 3.05) is 24.2 Å². The number of nitrogens with one attached hydrogen (secondary N) is 2. The van der Waals surface area contributed by atoms with Crippen LogP contribution in [0.15, 0.2) is 29.2 Å². The lowest BCUT2D eigenvalue weighted by Gasteiger charge is -2.24. The fourth-order valence-corrected chi connectivity index (χ4v) is 3.32. The Morgan fingerprint density at radius 2 is 2.20 bits per heavy atom. The second-order valence-corrected chi connectivity index (χ2v) is 8.21. The number of nitrogens with zero attached hydrogens (tertiary/aromatic N) is 5. The van der Waals surface area contributed by atoms with E-state index >= 15 is 0 Å². The standard InChI is InChI=1S/C19H24N8O3/c1-19(2,3)30-18(29)26-8-6-12(10-26)22-16-14-11(5-4-7-21-14)9-13(23-16)15-24-17(28)27(20)25-15/h4-5,7,9,12H,6,8,10,20H2,1-3H3,(H,22,23)(H,24,25,28)/t12-/m0/s1. The molecule has 0 unspecified atom stereocenters. The van der Waals surface area contributed by atoms with E-state index in [1.807, 2.05) is 32.9 Å². The van der Waals surface area contributed by atoms with Gasteiger partial charge in [0.25, 0.3) is 0 Å². The summed E-state index contributed by atoms with van der Waals surface area (Å²) >= 11 is 0. The molecule has 4 heterocycles. The van der Waals surface area contributed by atoms with Gasteiger partial charge in [-0.1, -0.05) is 6.07 Å². The molecule has 0 aliphatic carbocycles. The fraction of sp³-hybridized carbons (Fsp3) is 0.421. The molecule has 0 bridgehead atoms. The molecule has 30 heavy (non-hydrogen) atoms. The number of amides is 1. The first-order valence-electron chi connectivity index (χ1n) is 9.64. The normalized spacial score (nSPS) is 16.8. The summed E-state index contributed by atoms with van der Waals surface area (Å²) in [6.45, 7) is 6.61. The van der Waals surface area contributed by atoms with Gasteiger partial charge in [-0.3, -0.25) is 9.97 Å². The number of hydrogen-bond acceptors (Lipinski definition) is 8. The minimum Gasteiger partial charge on any atom is -0.444 e. The smallest absolute Gasteiger partial charge is 0.410 e. The van der Waals surface area contributed by atoms with E-state index < -0.39 is 11.3 Å². The molecule has 11 heteroatoms. The van der Waals surface area contributed by atoms with E-state index in [2.05, 4.69) is 25.4 Å². The van der Waals surface area contributed by atoms with Crippen LogP contribution in [0.3, 0.4) is 0 Å². The lowest BCUT2D eigenvalue weighted by molar-refractivity contribution is 0.0293. The third kappa shape index (κ3) is 4.04. The Kier molecular flexibility index (Phi) is 4.80. The summed E-state index contributed by atoms with van der Waals surface area (Å²) in [5.41, 5.74) is 0.0752. The molecule has 1 aliphatic rings. The highest BCUT2D eigenvalue weighted by Gasteiger charge is 2.30. The Morgan fingerprint density at radius 3 is 2.90 bits per heavy atom. The lowest BCUT2D eigenvalue weighted by atomic mass is 10.2. The Balaban J connectivity index is 1.60. The van der Waals surface area contributed by atoms with Gasteiger partial charge in [0.2, 0.25) is 0 Å². The highest BCUT2D eigenvalue weighted by atomic mass is 16.6. The molecule has 4 rings (SSSR count). The first-order chi connectivity index (χ1) is 14.2. The Labute approximate surface area is 172 Å². The summed E-state index contributed by atoms with van der Waals surface area (Å²) in [7, 11) is 0. The van der Waals surface area contributed by atoms with Crippen LogP contribution in [-0.2, 0) is 4.74 Å². The Bertz CT molecular complexity index is 1150. The predicted octanol–water partition coefficient (Wildman–Crippen LogP) is 1.32. The van der Waals surface area contributed by atoms with E-state index in [1.165, 1.54) is 0 Å². The van der Waals surface area contributed by atoms with E-state index in [9.17, 15) is 9.59 Å². The van der Waals surface area contributed by atoms with Gasteiger partial charge in [-0.15, -0.1) is 9.89 Å². The average molecular weight is 412 g/mol. The number of ether oxygens (including phenoxy) is 1. The fourth-order valence-electron chi connectivity index (χ4n) is 3.32. The minimum absolute atomic E-state index is 0.0170. The van der Waals surface area contributed by atoms with Crippen molar-refractivity contribution in [3.63, 3.8) is 0 Å². The number of pyridine rings is 2. The van der Waals surface area contributed by atoms with Gasteiger partial charge in [0.1, 0.15) is 16.8 Å². The molecule has 1 atom stereocenters. The maximum atomic E-state index is 12.3. The molecule has 3 aromatic rings. The number of fused-ring (bicyclic) bond motifs is 1. The third-order valence-electron chi connectivity index (χ3n) is 4.65. The van der Waals surface area contributed by atoms with Gasteiger partial charge >= 0.3 is 11.8 Å². The van der Waals surface area contributed by atoms with E-state index in [0.717, 1.165) is 16.6 Å². The maximum absolute atomic E-state index is 12.3. The SMILES string of the molecule is CC(C)(C)OC(=O)N1CC[C@H](Nc2nc(-c3nn(N)c(=O)[nH]3)cc3cccnc23)C1. The number of rotatable bonds is 3. The number of hydrogen-bond donors (Lipinski definition) is 3. The molecule has 0 radical (unpaired) electrons. The zero-order chi connectivity index (χ0) is 21.5. The van der Waals surface area contributed by atoms with Crippen molar-refractivity contribution in [3.05, 3.63) is 34.9 Å². The van der Waals surface area contributed by atoms with Crippen LogP contribution in [0.4, 0.5) is 10.6 Å². The number of nitrogens with two attached hydrogens (primary N) is 1. The van der Waals surface area contributed by atoms with Crippen molar-refractivity contribution in [2.24, 2.45) is 0 Å². The molecule has 1 fully saturated rings. The van der Waals surface area contributed by atoms with Gasteiger partial charge in [-0.05, 0) is 39.3 Å². The van der Waals surface area contributed by atoms with Crippen molar-refractivity contribution >= 4 is 22.8 Å². The van der Waals surface area contributed by atoms with Crippen LogP contribution in [0.25, 0.3) is 22.4 Å². The highest BCUT2D eigenvalue weighted by molar-refractivity contribution is 5.90. The van der Waals surface area contributed by atoms with Gasteiger partial charge in [0.15, 0.2) is 11.6 Å². The van der Waals surface area contributed by atoms with Crippen LogP contribution < -0.4 is 16.8 Å². The van der Waals surface area contributed by atoms with Crippen molar-refractivity contribution < 1.29 is 9.53 Å². The maximum Gasteiger partial charge on any atom is 0.410 e. The summed E-state index contributed by atoms with van der Waals surface area (Å²) in [4.78, 5) is 38.0. The summed E-state index contributed by atoms with van der Waals surface area (Å²) in [6.07, 6.45) is 2.10. The Morgan fingerprint density at radius 1 is 1.40 bits per heavy atom. The van der Waals surface area contributed by atoms with Gasteiger partial charge in [0, 0.05) is 30.7 Å². The van der Waals surface area contributed by atoms with Crippen LogP contribution in [0.1, 0.15) is 27.2 Å². The third-order valence-corrected chi connectivity index (χ3v) is 4.65. The highest BCUT2D eigenvalue weighted by Crippen LogP contribution is 2.26. The molecule has 0 spiro atoms. The first kappa shape index (κ1) is 19.7. The van der Waals surface area contributed by atoms with Crippen molar-refractivity contribution in [2.45, 2.75) is 38.8 Å². The molecule has 1 aliphatic heterocycles. The summed E-state index contributed by atoms with van der Waals surface area (Å²) in [5, 5.41) is 8.19. The van der Waals surface area contributed by atoms with Crippen LogP contribution in [0, 0.1) is 0 Å². The molecule has 1 amide bonds. The minimum atomic E-state index is -0.540. The number of anilines is 1. The molecule has 11 nitrogen and oxygen atoms in total. The monoisotopic (exact) mass is 412 g/mol. The van der Waals surface area contributed by atoms with Crippen LogP contribution in [-0.4, -0.2) is 60.6 Å². The van der Waals surface area contributed by atoms with Crippen LogP contribution in [0.5, 0.6) is 0 Å². The quantitative estimate of drug-likeness (QED) is 0.546. The molecule has 158 valence electrons. The number of aromatic nitrogens is 5. The molecule has 4 N–H and O–H groups in total. The number of nitrogen functional groups attached to an aromatic ring is 1. The second kappa shape index (κ2) is 7.32. The first-order valence-corrected chi connectivity index (χ1v) is 9.64. The average Bonchev–Trinajstić information content (AvgIpc) is 3.27. The van der Waals surface area contributed by atoms with Gasteiger partial charge < -0.3 is 20.8 Å². The van der Waals surface area contributed by atoms with Crippen molar-refractivity contribution in [1.82, 2.24) is 29.7 Å². The summed E-state index contributed by atoms with van der Waals surface area (Å²) in [5.74, 6) is 6.31.